The number of anilines is 1. The molecule has 2 unspecified atom stereocenters. The number of halogens is 4. The number of rotatable bonds is 9. The molecule has 8 rings (SSSR count). The van der Waals surface area contributed by atoms with Crippen molar-refractivity contribution in [2.75, 3.05) is 25.0 Å². The van der Waals surface area contributed by atoms with Crippen LogP contribution in [0.1, 0.15) is 111 Å². The Labute approximate surface area is 336 Å². The van der Waals surface area contributed by atoms with Crippen molar-refractivity contribution in [2.45, 2.75) is 94.7 Å². The lowest BCUT2D eigenvalue weighted by molar-refractivity contribution is -0.135. The molecular formula is C42H46F4N8O5. The van der Waals surface area contributed by atoms with Crippen LogP contribution < -0.4 is 16.3 Å². The lowest BCUT2D eigenvalue weighted by Gasteiger charge is -2.41. The molecule has 13 nitrogen and oxygen atoms in total. The third-order valence-corrected chi connectivity index (χ3v) is 12.2. The molecule has 3 fully saturated rings. The summed E-state index contributed by atoms with van der Waals surface area (Å²) in [5.41, 5.74) is -0.147. The Morgan fingerprint density at radius 2 is 1.78 bits per heavy atom. The van der Waals surface area contributed by atoms with Crippen molar-refractivity contribution >= 4 is 45.3 Å². The molecule has 0 radical (unpaired) electrons. The molecule has 5 heterocycles. The average Bonchev–Trinajstić information content (AvgIpc) is 3.71. The number of hydrogen-bond donors (Lipinski definition) is 3. The second-order valence-electron chi connectivity index (χ2n) is 16.7. The second kappa shape index (κ2) is 15.3. The van der Waals surface area contributed by atoms with Gasteiger partial charge in [-0.05, 0) is 101 Å². The molecular weight excluding hydrogens is 773 g/mol. The summed E-state index contributed by atoms with van der Waals surface area (Å²) in [6.45, 7) is 3.71. The normalized spacial score (nSPS) is 22.9. The first kappa shape index (κ1) is 40.4. The number of alkyl halides is 4. The number of nitrogens with zero attached hydrogens (tertiary/aromatic N) is 6. The first-order chi connectivity index (χ1) is 28.0. The number of aliphatic hydroxyl groups is 1. The zero-order valence-corrected chi connectivity index (χ0v) is 32.9. The molecule has 5 aromatic rings. The summed E-state index contributed by atoms with van der Waals surface area (Å²) in [5.74, 6) is -5.70. The molecule has 3 aliphatic rings. The van der Waals surface area contributed by atoms with Crippen molar-refractivity contribution in [2.24, 2.45) is 13.0 Å². The van der Waals surface area contributed by atoms with E-state index in [-0.39, 0.29) is 36.9 Å². The predicted molar refractivity (Wildman–Crippen MR) is 210 cm³/mol. The number of carbonyl (C=O) groups excluding carboxylic acids is 3. The number of imide groups is 1. The molecule has 2 aliphatic heterocycles. The van der Waals surface area contributed by atoms with Crippen LogP contribution in [0, 0.1) is 5.92 Å². The number of hydrogen-bond acceptors (Lipinski definition) is 8. The van der Waals surface area contributed by atoms with Gasteiger partial charge in [0.05, 0.1) is 40.7 Å². The van der Waals surface area contributed by atoms with Gasteiger partial charge in [-0.25, -0.2) is 27.3 Å². The third kappa shape index (κ3) is 7.77. The molecule has 59 heavy (non-hydrogen) atoms. The molecule has 3 N–H and O–H groups in total. The van der Waals surface area contributed by atoms with E-state index < -0.39 is 65.6 Å². The summed E-state index contributed by atoms with van der Waals surface area (Å²) < 4.78 is 63.4. The minimum Gasteiger partial charge on any atom is -0.386 e. The summed E-state index contributed by atoms with van der Waals surface area (Å²) in [5, 5.41) is 21.5. The summed E-state index contributed by atoms with van der Waals surface area (Å²) in [6.07, 6.45) is 2.63. The Morgan fingerprint density at radius 3 is 2.47 bits per heavy atom. The van der Waals surface area contributed by atoms with Crippen LogP contribution >= 0.6 is 0 Å². The Kier molecular flexibility index (Phi) is 10.5. The highest BCUT2D eigenvalue weighted by Crippen LogP contribution is 2.44. The topological polar surface area (TPSA) is 156 Å². The van der Waals surface area contributed by atoms with Gasteiger partial charge in [-0.2, -0.15) is 5.10 Å². The highest BCUT2D eigenvalue weighted by molar-refractivity contribution is 6.04. The van der Waals surface area contributed by atoms with E-state index >= 15 is 8.78 Å². The molecule has 0 bridgehead atoms. The van der Waals surface area contributed by atoms with Crippen LogP contribution in [0.2, 0.25) is 0 Å². The number of fused-ring (bicyclic) bond motifs is 2. The van der Waals surface area contributed by atoms with Crippen LogP contribution in [-0.4, -0.2) is 77.2 Å². The van der Waals surface area contributed by atoms with Crippen molar-refractivity contribution in [3.8, 4) is 0 Å². The highest BCUT2D eigenvalue weighted by atomic mass is 19.3. The van der Waals surface area contributed by atoms with Crippen molar-refractivity contribution in [3.05, 3.63) is 87.7 Å². The number of amides is 3. The van der Waals surface area contributed by atoms with Crippen LogP contribution in [0.25, 0.3) is 21.9 Å². The molecule has 1 saturated carbocycles. The first-order valence-corrected chi connectivity index (χ1v) is 19.9. The van der Waals surface area contributed by atoms with Gasteiger partial charge in [-0.1, -0.05) is 18.2 Å². The largest absolute Gasteiger partial charge is 0.386 e. The minimum absolute atomic E-state index is 0.0513. The Bertz CT molecular complexity index is 2520. The number of aromatic nitrogens is 5. The fraction of sp³-hybridized carbons (Fsp3) is 0.476. The number of imidazole rings is 1. The Morgan fingerprint density at radius 1 is 1.03 bits per heavy atom. The van der Waals surface area contributed by atoms with E-state index in [9.17, 15) is 33.1 Å². The van der Waals surface area contributed by atoms with Gasteiger partial charge in [0.25, 0.3) is 18.3 Å². The van der Waals surface area contributed by atoms with Crippen LogP contribution in [0.5, 0.6) is 0 Å². The molecule has 17 heteroatoms. The van der Waals surface area contributed by atoms with E-state index in [2.05, 4.69) is 15.6 Å². The van der Waals surface area contributed by atoms with Gasteiger partial charge in [-0.3, -0.25) is 38.4 Å². The number of benzene rings is 2. The summed E-state index contributed by atoms with van der Waals surface area (Å²) in [7, 11) is 1.53. The fourth-order valence-electron chi connectivity index (χ4n) is 9.26. The Balaban J connectivity index is 0.926. The van der Waals surface area contributed by atoms with Gasteiger partial charge < -0.3 is 10.4 Å². The Hall–Kier alpha value is -5.42. The zero-order chi connectivity index (χ0) is 42.0. The van der Waals surface area contributed by atoms with Gasteiger partial charge in [0.1, 0.15) is 17.4 Å². The van der Waals surface area contributed by atoms with Crippen LogP contribution in [0.4, 0.5) is 23.2 Å². The zero-order valence-electron chi connectivity index (χ0n) is 32.9. The second-order valence-corrected chi connectivity index (χ2v) is 16.7. The van der Waals surface area contributed by atoms with Crippen LogP contribution in [-0.2, 0) is 22.2 Å². The maximum Gasteiger partial charge on any atom is 0.329 e. The molecule has 1 aliphatic carbocycles. The number of aryl methyl sites for hydroxylation is 1. The summed E-state index contributed by atoms with van der Waals surface area (Å²) in [4.78, 5) is 56.6. The third-order valence-electron chi connectivity index (χ3n) is 12.2. The number of carbonyl (C=O) groups is 3. The maximum absolute atomic E-state index is 16.2. The van der Waals surface area contributed by atoms with Crippen LogP contribution in [0.15, 0.2) is 59.5 Å². The lowest BCUT2D eigenvalue weighted by Crippen LogP contribution is -2.49. The number of pyridine rings is 1. The summed E-state index contributed by atoms with van der Waals surface area (Å²) in [6, 6.07) is 11.3. The lowest BCUT2D eigenvalue weighted by atomic mass is 9.83. The monoisotopic (exact) mass is 818 g/mol. The van der Waals surface area contributed by atoms with Crippen molar-refractivity contribution in [1.29, 1.82) is 0 Å². The highest BCUT2D eigenvalue weighted by Gasteiger charge is 2.47. The SMILES string of the molecule is Cn1c(=O)n(C2CCC(=O)NC2=O)c2cccc(C3CCN(CC4CCC(n5cc6cc(NC(=O)c7cccc(C(F)F)n7)c(C(C)(C)O)cc6n5)CC4)CC3(F)F)c21. The molecule has 3 aromatic heterocycles. The van der Waals surface area contributed by atoms with Crippen molar-refractivity contribution in [1.82, 2.24) is 34.1 Å². The van der Waals surface area contributed by atoms with Crippen molar-refractivity contribution in [3.63, 3.8) is 0 Å². The number of para-hydroxylation sites is 1. The number of likely N-dealkylation sites (tertiary alicyclic amines) is 1. The van der Waals surface area contributed by atoms with Gasteiger partial charge in [0, 0.05) is 42.8 Å². The van der Waals surface area contributed by atoms with Gasteiger partial charge in [-0.15, -0.1) is 0 Å². The van der Waals surface area contributed by atoms with E-state index in [1.807, 2.05) is 15.8 Å². The quantitative estimate of drug-likeness (QED) is 0.115. The minimum atomic E-state index is -3.08. The van der Waals surface area contributed by atoms with Gasteiger partial charge in [0.15, 0.2) is 0 Å². The molecule has 2 aromatic carbocycles. The maximum atomic E-state index is 16.2. The van der Waals surface area contributed by atoms with Crippen LogP contribution in [0.3, 0.4) is 0 Å². The number of piperidine rings is 2. The summed E-state index contributed by atoms with van der Waals surface area (Å²) >= 11 is 0. The van der Waals surface area contributed by atoms with Gasteiger partial charge >= 0.3 is 5.69 Å². The molecule has 312 valence electrons. The molecule has 3 amide bonds. The van der Waals surface area contributed by atoms with E-state index in [0.29, 0.717) is 51.8 Å². The average molecular weight is 819 g/mol. The predicted octanol–water partition coefficient (Wildman–Crippen LogP) is 6.34. The van der Waals surface area contributed by atoms with E-state index in [1.165, 1.54) is 28.3 Å². The van der Waals surface area contributed by atoms with E-state index in [0.717, 1.165) is 31.7 Å². The van der Waals surface area contributed by atoms with Gasteiger partial charge in [0.2, 0.25) is 11.8 Å². The number of nitrogens with one attached hydrogen (secondary N) is 2. The molecule has 2 saturated heterocycles. The fourth-order valence-corrected chi connectivity index (χ4v) is 9.26. The van der Waals surface area contributed by atoms with E-state index in [1.54, 1.807) is 44.2 Å². The van der Waals surface area contributed by atoms with E-state index in [4.69, 9.17) is 5.10 Å². The molecule has 0 spiro atoms. The first-order valence-electron chi connectivity index (χ1n) is 19.9. The molecule has 2 atom stereocenters. The smallest absolute Gasteiger partial charge is 0.329 e. The standard InChI is InChI=1S/C42H46F4N8O5/c1-41(2,59)28-19-31-24(18-32(28)48-38(56)30-8-5-7-29(47-30)37(43)44)21-53(50-31)25-12-10-23(11-13-25)20-52-17-16-27(42(45,46)22-52)26-6-4-9-33-36(26)51(3)40(58)54(33)34-14-15-35(55)49-39(34)57/h4-9,18-19,21,23,25,27,34,37,59H,10-17,20,22H2,1-3H3,(H,48,56)(H,49,55,57). The van der Waals surface area contributed by atoms with Crippen molar-refractivity contribution < 1.29 is 37.1 Å².